The zero-order valence-corrected chi connectivity index (χ0v) is 15.4. The smallest absolute Gasteiger partial charge is 0.257 e. The van der Waals surface area contributed by atoms with Gasteiger partial charge in [0.2, 0.25) is 5.91 Å². The molecule has 5 nitrogen and oxygen atoms in total. The number of halogens is 1. The van der Waals surface area contributed by atoms with E-state index in [9.17, 15) is 9.18 Å². The largest absolute Gasteiger partial charge is 0.341 e. The van der Waals surface area contributed by atoms with Gasteiger partial charge in [-0.25, -0.2) is 4.39 Å². The van der Waals surface area contributed by atoms with Crippen LogP contribution in [-0.4, -0.2) is 39.8 Å². The SMILES string of the molecule is O=C(CSc1ccc(F)cc1)N1CCC(c2noc(-c3ccccc3)n2)C1. The highest BCUT2D eigenvalue weighted by atomic mass is 32.2. The van der Waals surface area contributed by atoms with Gasteiger partial charge in [0.25, 0.3) is 5.89 Å². The normalized spacial score (nSPS) is 16.6. The third-order valence-electron chi connectivity index (χ3n) is 4.54. The molecule has 1 aromatic heterocycles. The molecule has 3 aromatic rings. The summed E-state index contributed by atoms with van der Waals surface area (Å²) in [7, 11) is 0. The Morgan fingerprint density at radius 2 is 1.96 bits per heavy atom. The molecule has 0 spiro atoms. The summed E-state index contributed by atoms with van der Waals surface area (Å²) in [5.74, 6) is 1.37. The number of hydrogen-bond donors (Lipinski definition) is 0. The molecule has 0 N–H and O–H groups in total. The first-order valence-corrected chi connectivity index (χ1v) is 9.73. The van der Waals surface area contributed by atoms with Crippen LogP contribution in [0.4, 0.5) is 4.39 Å². The summed E-state index contributed by atoms with van der Waals surface area (Å²) in [5, 5.41) is 4.11. The first-order chi connectivity index (χ1) is 13.2. The molecule has 0 bridgehead atoms. The number of rotatable bonds is 5. The van der Waals surface area contributed by atoms with Crippen molar-refractivity contribution in [3.8, 4) is 11.5 Å². The van der Waals surface area contributed by atoms with Gasteiger partial charge >= 0.3 is 0 Å². The summed E-state index contributed by atoms with van der Waals surface area (Å²) in [4.78, 5) is 19.7. The first-order valence-electron chi connectivity index (χ1n) is 8.74. The van der Waals surface area contributed by atoms with E-state index >= 15 is 0 Å². The minimum absolute atomic E-state index is 0.0682. The Balaban J connectivity index is 1.34. The Morgan fingerprint density at radius 1 is 1.19 bits per heavy atom. The van der Waals surface area contributed by atoms with Gasteiger partial charge in [0.05, 0.1) is 5.75 Å². The molecule has 1 fully saturated rings. The van der Waals surface area contributed by atoms with E-state index in [4.69, 9.17) is 4.52 Å². The fourth-order valence-corrected chi connectivity index (χ4v) is 3.86. The van der Waals surface area contributed by atoms with E-state index in [2.05, 4.69) is 10.1 Å². The molecule has 1 aliphatic heterocycles. The maximum atomic E-state index is 12.9. The Bertz CT molecular complexity index is 914. The average Bonchev–Trinajstić information content (AvgIpc) is 3.37. The molecule has 2 heterocycles. The van der Waals surface area contributed by atoms with Gasteiger partial charge < -0.3 is 9.42 Å². The summed E-state index contributed by atoms with van der Waals surface area (Å²) in [5.41, 5.74) is 0.887. The second-order valence-electron chi connectivity index (χ2n) is 6.39. The van der Waals surface area contributed by atoms with E-state index < -0.39 is 0 Å². The van der Waals surface area contributed by atoms with Crippen LogP contribution in [0.25, 0.3) is 11.5 Å². The van der Waals surface area contributed by atoms with Gasteiger partial charge in [0, 0.05) is 29.5 Å². The van der Waals surface area contributed by atoms with Crippen molar-refractivity contribution in [2.75, 3.05) is 18.8 Å². The van der Waals surface area contributed by atoms with Crippen LogP contribution in [0.2, 0.25) is 0 Å². The first kappa shape index (κ1) is 17.7. The van der Waals surface area contributed by atoms with Crippen molar-refractivity contribution in [2.24, 2.45) is 0 Å². The zero-order chi connectivity index (χ0) is 18.6. The number of likely N-dealkylation sites (tertiary alicyclic amines) is 1. The number of benzene rings is 2. The third-order valence-corrected chi connectivity index (χ3v) is 5.54. The monoisotopic (exact) mass is 383 g/mol. The maximum Gasteiger partial charge on any atom is 0.257 e. The number of nitrogens with zero attached hydrogens (tertiary/aromatic N) is 3. The van der Waals surface area contributed by atoms with Crippen LogP contribution < -0.4 is 0 Å². The molecule has 7 heteroatoms. The summed E-state index contributed by atoms with van der Waals surface area (Å²) in [6.07, 6.45) is 0.820. The number of carbonyl (C=O) groups excluding carboxylic acids is 1. The molecule has 1 saturated heterocycles. The molecule has 0 radical (unpaired) electrons. The third kappa shape index (κ3) is 4.19. The average molecular weight is 383 g/mol. The number of thioether (sulfide) groups is 1. The fraction of sp³-hybridized carbons (Fsp3) is 0.250. The van der Waals surface area contributed by atoms with Crippen molar-refractivity contribution in [3.63, 3.8) is 0 Å². The molecule has 1 unspecified atom stereocenters. The minimum atomic E-state index is -0.275. The van der Waals surface area contributed by atoms with Crippen molar-refractivity contribution < 1.29 is 13.7 Å². The van der Waals surface area contributed by atoms with Gasteiger partial charge in [-0.3, -0.25) is 4.79 Å². The Hall–Kier alpha value is -2.67. The zero-order valence-electron chi connectivity index (χ0n) is 14.5. The molecule has 138 valence electrons. The lowest BCUT2D eigenvalue weighted by Crippen LogP contribution is -2.30. The van der Waals surface area contributed by atoms with Gasteiger partial charge in [-0.1, -0.05) is 23.4 Å². The second-order valence-corrected chi connectivity index (χ2v) is 7.44. The standard InChI is InChI=1S/C20H18FN3O2S/c21-16-6-8-17(9-7-16)27-13-18(25)24-11-10-15(12-24)19-22-20(26-23-19)14-4-2-1-3-5-14/h1-9,15H,10-13H2. The molecule has 1 amide bonds. The van der Waals surface area contributed by atoms with Gasteiger partial charge in [0.15, 0.2) is 5.82 Å². The van der Waals surface area contributed by atoms with Crippen LogP contribution in [0.15, 0.2) is 64.0 Å². The van der Waals surface area contributed by atoms with Crippen molar-refractivity contribution in [3.05, 3.63) is 66.2 Å². The topological polar surface area (TPSA) is 59.2 Å². The molecule has 0 saturated carbocycles. The van der Waals surface area contributed by atoms with Crippen molar-refractivity contribution in [1.82, 2.24) is 15.0 Å². The lowest BCUT2D eigenvalue weighted by atomic mass is 10.1. The van der Waals surface area contributed by atoms with Crippen molar-refractivity contribution in [1.29, 1.82) is 0 Å². The van der Waals surface area contributed by atoms with Gasteiger partial charge in [-0.15, -0.1) is 11.8 Å². The molecular weight excluding hydrogens is 365 g/mol. The molecule has 1 atom stereocenters. The Labute approximate surface area is 160 Å². The Kier molecular flexibility index (Phi) is 5.20. The predicted octanol–water partition coefficient (Wildman–Crippen LogP) is 3.98. The highest BCUT2D eigenvalue weighted by Crippen LogP contribution is 2.28. The van der Waals surface area contributed by atoms with E-state index in [1.807, 2.05) is 35.2 Å². The quantitative estimate of drug-likeness (QED) is 0.624. The van der Waals surface area contributed by atoms with Crippen LogP contribution in [0.3, 0.4) is 0 Å². The summed E-state index contributed by atoms with van der Waals surface area (Å²) in [6, 6.07) is 15.8. The molecular formula is C20H18FN3O2S. The summed E-state index contributed by atoms with van der Waals surface area (Å²) >= 11 is 1.41. The van der Waals surface area contributed by atoms with Crippen LogP contribution in [0, 0.1) is 5.82 Å². The second kappa shape index (κ2) is 7.92. The van der Waals surface area contributed by atoms with Crippen molar-refractivity contribution in [2.45, 2.75) is 17.2 Å². The van der Waals surface area contributed by atoms with Gasteiger partial charge in [-0.2, -0.15) is 4.98 Å². The highest BCUT2D eigenvalue weighted by Gasteiger charge is 2.30. The lowest BCUT2D eigenvalue weighted by molar-refractivity contribution is -0.127. The minimum Gasteiger partial charge on any atom is -0.341 e. The van der Waals surface area contributed by atoms with Gasteiger partial charge in [-0.05, 0) is 42.8 Å². The van der Waals surface area contributed by atoms with Crippen LogP contribution >= 0.6 is 11.8 Å². The van der Waals surface area contributed by atoms with E-state index in [-0.39, 0.29) is 17.6 Å². The van der Waals surface area contributed by atoms with Crippen molar-refractivity contribution >= 4 is 17.7 Å². The van der Waals surface area contributed by atoms with E-state index in [0.717, 1.165) is 16.9 Å². The predicted molar refractivity (Wildman–Crippen MR) is 101 cm³/mol. The molecule has 4 rings (SSSR count). The van der Waals surface area contributed by atoms with Crippen LogP contribution in [0.5, 0.6) is 0 Å². The van der Waals surface area contributed by atoms with E-state index in [1.54, 1.807) is 12.1 Å². The molecule has 2 aromatic carbocycles. The maximum absolute atomic E-state index is 12.9. The lowest BCUT2D eigenvalue weighted by Gasteiger charge is -2.15. The van der Waals surface area contributed by atoms with Gasteiger partial charge in [0.1, 0.15) is 5.82 Å². The number of aromatic nitrogens is 2. The van der Waals surface area contributed by atoms with Crippen LogP contribution in [0.1, 0.15) is 18.2 Å². The van der Waals surface area contributed by atoms with Crippen LogP contribution in [-0.2, 0) is 4.79 Å². The summed E-state index contributed by atoms with van der Waals surface area (Å²) in [6.45, 7) is 1.28. The molecule has 27 heavy (non-hydrogen) atoms. The fourth-order valence-electron chi connectivity index (χ4n) is 3.06. The summed E-state index contributed by atoms with van der Waals surface area (Å²) < 4.78 is 18.3. The highest BCUT2D eigenvalue weighted by molar-refractivity contribution is 8.00. The number of carbonyl (C=O) groups is 1. The number of hydrogen-bond acceptors (Lipinski definition) is 5. The van der Waals surface area contributed by atoms with E-state index in [0.29, 0.717) is 30.6 Å². The van der Waals surface area contributed by atoms with E-state index in [1.165, 1.54) is 23.9 Å². The number of amides is 1. The molecule has 0 aliphatic carbocycles. The molecule has 1 aliphatic rings. The Morgan fingerprint density at radius 3 is 2.74 bits per heavy atom.